The van der Waals surface area contributed by atoms with E-state index in [-0.39, 0.29) is 18.4 Å². The Balaban J connectivity index is 2.28. The molecule has 1 saturated heterocycles. The lowest BCUT2D eigenvalue weighted by Gasteiger charge is -2.18. The number of nitrogens with zero attached hydrogens (tertiary/aromatic N) is 2. The summed E-state index contributed by atoms with van der Waals surface area (Å²) >= 11 is 3.29. The summed E-state index contributed by atoms with van der Waals surface area (Å²) in [5, 5.41) is 9.06. The van der Waals surface area contributed by atoms with E-state index in [1.54, 1.807) is 4.90 Å². The van der Waals surface area contributed by atoms with Gasteiger partial charge in [-0.1, -0.05) is 0 Å². The minimum Gasteiger partial charge on any atom is -0.396 e. The quantitative estimate of drug-likeness (QED) is 0.838. The molecule has 2 rings (SSSR count). The van der Waals surface area contributed by atoms with Crippen LogP contribution in [0.5, 0.6) is 0 Å². The minimum atomic E-state index is 0.0514. The molecule has 1 N–H and O–H groups in total. The fraction of sp³-hybridized carbons (Fsp3) is 0.455. The molecule has 1 fully saturated rings. The third-order valence-electron chi connectivity index (χ3n) is 2.78. The first-order valence-corrected chi connectivity index (χ1v) is 5.95. The highest BCUT2D eigenvalue weighted by molar-refractivity contribution is 9.10. The number of halogens is 1. The number of aryl methyl sites for hydroxylation is 1. The van der Waals surface area contributed by atoms with E-state index in [2.05, 4.69) is 20.9 Å². The van der Waals surface area contributed by atoms with Crippen molar-refractivity contribution < 1.29 is 9.90 Å². The summed E-state index contributed by atoms with van der Waals surface area (Å²) in [5.41, 5.74) is 1.66. The fourth-order valence-electron chi connectivity index (χ4n) is 1.95. The molecule has 1 aromatic rings. The van der Waals surface area contributed by atoms with Crippen molar-refractivity contribution in [2.45, 2.75) is 13.3 Å². The zero-order chi connectivity index (χ0) is 11.7. The van der Waals surface area contributed by atoms with E-state index in [0.29, 0.717) is 13.0 Å². The van der Waals surface area contributed by atoms with Crippen LogP contribution in [0.2, 0.25) is 0 Å². The maximum atomic E-state index is 11.8. The number of pyridine rings is 1. The summed E-state index contributed by atoms with van der Waals surface area (Å²) in [6, 6.07) is 3.70. The number of aromatic nitrogens is 1. The van der Waals surface area contributed by atoms with Gasteiger partial charge in [-0.3, -0.25) is 4.79 Å². The van der Waals surface area contributed by atoms with Gasteiger partial charge in [-0.2, -0.15) is 0 Å². The van der Waals surface area contributed by atoms with Gasteiger partial charge in [0.05, 0.1) is 11.4 Å². The highest BCUT2D eigenvalue weighted by atomic mass is 79.9. The Morgan fingerprint density at radius 1 is 1.62 bits per heavy atom. The van der Waals surface area contributed by atoms with Crippen molar-refractivity contribution in [2.24, 2.45) is 5.92 Å². The summed E-state index contributed by atoms with van der Waals surface area (Å²) in [6.07, 6.45) is 0.423. The third kappa shape index (κ3) is 2.10. The molecule has 0 bridgehead atoms. The van der Waals surface area contributed by atoms with E-state index in [4.69, 9.17) is 5.11 Å². The number of rotatable bonds is 2. The second-order valence-electron chi connectivity index (χ2n) is 4.00. The Bertz CT molecular complexity index is 422. The molecule has 0 radical (unpaired) electrons. The predicted octanol–water partition coefficient (Wildman–Crippen LogP) is 1.50. The molecule has 5 heteroatoms. The molecule has 0 saturated carbocycles. The molecular weight excluding hydrogens is 272 g/mol. The number of hydrogen-bond donors (Lipinski definition) is 1. The molecule has 0 spiro atoms. The van der Waals surface area contributed by atoms with Gasteiger partial charge in [0.25, 0.3) is 0 Å². The van der Waals surface area contributed by atoms with Crippen molar-refractivity contribution in [1.29, 1.82) is 0 Å². The molecule has 1 amide bonds. The van der Waals surface area contributed by atoms with Crippen LogP contribution in [0, 0.1) is 12.8 Å². The monoisotopic (exact) mass is 284 g/mol. The van der Waals surface area contributed by atoms with Crippen molar-refractivity contribution >= 4 is 27.5 Å². The van der Waals surface area contributed by atoms with Crippen LogP contribution in [0.4, 0.5) is 5.69 Å². The second-order valence-corrected chi connectivity index (χ2v) is 4.81. The van der Waals surface area contributed by atoms with Gasteiger partial charge in [0.2, 0.25) is 5.91 Å². The fourth-order valence-corrected chi connectivity index (χ4v) is 2.34. The van der Waals surface area contributed by atoms with Gasteiger partial charge in [0.15, 0.2) is 0 Å². The SMILES string of the molecule is Cc1nc(Br)ccc1N1CC(CO)CC1=O. The summed E-state index contributed by atoms with van der Waals surface area (Å²) < 4.78 is 0.763. The number of carbonyl (C=O) groups excluding carboxylic acids is 1. The number of aliphatic hydroxyl groups excluding tert-OH is 1. The first-order valence-electron chi connectivity index (χ1n) is 5.16. The molecule has 1 aromatic heterocycles. The average Bonchev–Trinajstić information content (AvgIpc) is 2.60. The van der Waals surface area contributed by atoms with Crippen LogP contribution in [0.1, 0.15) is 12.1 Å². The minimum absolute atomic E-state index is 0.0514. The number of hydrogen-bond acceptors (Lipinski definition) is 3. The van der Waals surface area contributed by atoms with Crippen molar-refractivity contribution in [1.82, 2.24) is 4.98 Å². The summed E-state index contributed by atoms with van der Waals surface area (Å²) in [6.45, 7) is 2.52. The lowest BCUT2D eigenvalue weighted by Crippen LogP contribution is -2.25. The zero-order valence-corrected chi connectivity index (χ0v) is 10.6. The zero-order valence-electron chi connectivity index (χ0n) is 8.98. The molecule has 86 valence electrons. The molecule has 4 nitrogen and oxygen atoms in total. The van der Waals surface area contributed by atoms with E-state index < -0.39 is 0 Å². The maximum Gasteiger partial charge on any atom is 0.227 e. The van der Waals surface area contributed by atoms with Gasteiger partial charge in [0, 0.05) is 25.5 Å². The third-order valence-corrected chi connectivity index (χ3v) is 3.22. The first kappa shape index (κ1) is 11.5. The van der Waals surface area contributed by atoms with Gasteiger partial charge in [0.1, 0.15) is 4.60 Å². The molecule has 0 aliphatic carbocycles. The van der Waals surface area contributed by atoms with Gasteiger partial charge in [-0.15, -0.1) is 0 Å². The van der Waals surface area contributed by atoms with E-state index in [1.165, 1.54) is 0 Å². The Hall–Kier alpha value is -0.940. The highest BCUT2D eigenvalue weighted by Gasteiger charge is 2.30. The van der Waals surface area contributed by atoms with Crippen molar-refractivity contribution in [3.63, 3.8) is 0 Å². The van der Waals surface area contributed by atoms with Crippen molar-refractivity contribution in [3.05, 3.63) is 22.4 Å². The van der Waals surface area contributed by atoms with E-state index in [0.717, 1.165) is 16.0 Å². The Kier molecular flexibility index (Phi) is 3.25. The van der Waals surface area contributed by atoms with Crippen LogP contribution < -0.4 is 4.90 Å². The van der Waals surface area contributed by atoms with Gasteiger partial charge >= 0.3 is 0 Å². The molecule has 1 aliphatic heterocycles. The molecule has 0 aromatic carbocycles. The molecule has 1 atom stereocenters. The van der Waals surface area contributed by atoms with Crippen LogP contribution in [0.15, 0.2) is 16.7 Å². The van der Waals surface area contributed by atoms with Gasteiger partial charge in [-0.25, -0.2) is 4.98 Å². The smallest absolute Gasteiger partial charge is 0.227 e. The second kappa shape index (κ2) is 4.51. The Morgan fingerprint density at radius 3 is 2.94 bits per heavy atom. The number of aliphatic hydroxyl groups is 1. The summed E-state index contributed by atoms with van der Waals surface area (Å²) in [5.74, 6) is 0.113. The van der Waals surface area contributed by atoms with Crippen LogP contribution in [0.3, 0.4) is 0 Å². The Morgan fingerprint density at radius 2 is 2.38 bits per heavy atom. The number of anilines is 1. The van der Waals surface area contributed by atoms with Crippen molar-refractivity contribution in [2.75, 3.05) is 18.1 Å². The average molecular weight is 285 g/mol. The molecular formula is C11H13BrN2O2. The molecule has 2 heterocycles. The van der Waals surface area contributed by atoms with Crippen LogP contribution in [-0.4, -0.2) is 29.1 Å². The van der Waals surface area contributed by atoms with Gasteiger partial charge in [-0.05, 0) is 35.0 Å². The summed E-state index contributed by atoms with van der Waals surface area (Å²) in [7, 11) is 0. The topological polar surface area (TPSA) is 53.4 Å². The van der Waals surface area contributed by atoms with E-state index in [1.807, 2.05) is 19.1 Å². The van der Waals surface area contributed by atoms with Crippen molar-refractivity contribution in [3.8, 4) is 0 Å². The highest BCUT2D eigenvalue weighted by Crippen LogP contribution is 2.27. The molecule has 1 unspecified atom stereocenters. The Labute approximate surface area is 102 Å². The standard InChI is InChI=1S/C11H13BrN2O2/c1-7-9(2-3-10(12)13-7)14-5-8(6-15)4-11(14)16/h2-3,8,15H,4-6H2,1H3. The van der Waals surface area contributed by atoms with E-state index >= 15 is 0 Å². The van der Waals surface area contributed by atoms with Gasteiger partial charge < -0.3 is 10.0 Å². The molecule has 1 aliphatic rings. The number of amides is 1. The largest absolute Gasteiger partial charge is 0.396 e. The van der Waals surface area contributed by atoms with Crippen LogP contribution >= 0.6 is 15.9 Å². The van der Waals surface area contributed by atoms with Crippen LogP contribution in [0.25, 0.3) is 0 Å². The van der Waals surface area contributed by atoms with E-state index in [9.17, 15) is 4.79 Å². The lowest BCUT2D eigenvalue weighted by atomic mass is 10.1. The lowest BCUT2D eigenvalue weighted by molar-refractivity contribution is -0.117. The van der Waals surface area contributed by atoms with Crippen LogP contribution in [-0.2, 0) is 4.79 Å². The maximum absolute atomic E-state index is 11.8. The number of carbonyl (C=O) groups is 1. The normalized spacial score (nSPS) is 20.6. The summed E-state index contributed by atoms with van der Waals surface area (Å²) in [4.78, 5) is 17.7. The first-order chi connectivity index (χ1) is 7.61. The predicted molar refractivity (Wildman–Crippen MR) is 64.2 cm³/mol. The molecule has 16 heavy (non-hydrogen) atoms.